The lowest BCUT2D eigenvalue weighted by molar-refractivity contribution is -0.145. The first kappa shape index (κ1) is 11.9. The normalized spacial score (nSPS) is 22.6. The quantitative estimate of drug-likeness (QED) is 0.589. The summed E-state index contributed by atoms with van der Waals surface area (Å²) in [5.41, 5.74) is 2.38. The van der Waals surface area contributed by atoms with Crippen LogP contribution in [0.5, 0.6) is 0 Å². The van der Waals surface area contributed by atoms with Crippen molar-refractivity contribution < 1.29 is 9.53 Å². The average Bonchev–Trinajstić information content (AvgIpc) is 2.37. The van der Waals surface area contributed by atoms with Gasteiger partial charge < -0.3 is 4.74 Å². The first-order valence-corrected chi connectivity index (χ1v) is 6.13. The largest absolute Gasteiger partial charge is 0.466 e. The number of hydrogen-bond donors (Lipinski definition) is 0. The maximum Gasteiger partial charge on any atom is 0.313 e. The van der Waals surface area contributed by atoms with E-state index in [1.165, 1.54) is 5.56 Å². The lowest BCUT2D eigenvalue weighted by Crippen LogP contribution is -2.25. The highest BCUT2D eigenvalue weighted by atomic mass is 16.5. The minimum atomic E-state index is -0.122. The van der Waals surface area contributed by atoms with Crippen molar-refractivity contribution in [1.82, 2.24) is 0 Å². The van der Waals surface area contributed by atoms with E-state index in [2.05, 4.69) is 12.6 Å². The Morgan fingerprint density at radius 2 is 2.29 bits per heavy atom. The molecule has 0 bridgehead atoms. The number of allylic oxidation sites excluding steroid dienone is 1. The van der Waals surface area contributed by atoms with Crippen LogP contribution >= 0.6 is 0 Å². The second-order valence-electron chi connectivity index (χ2n) is 4.44. The number of esters is 1. The van der Waals surface area contributed by atoms with E-state index in [9.17, 15) is 4.79 Å². The molecule has 0 aliphatic heterocycles. The summed E-state index contributed by atoms with van der Waals surface area (Å²) in [6.45, 7) is 6.13. The van der Waals surface area contributed by atoms with Crippen molar-refractivity contribution >= 4 is 5.97 Å². The maximum atomic E-state index is 12.0. The maximum absolute atomic E-state index is 12.0. The molecule has 2 heteroatoms. The van der Waals surface area contributed by atoms with E-state index < -0.39 is 0 Å². The summed E-state index contributed by atoms with van der Waals surface area (Å²) < 4.78 is 5.16. The lowest BCUT2D eigenvalue weighted by Gasteiger charge is -2.28. The molecule has 90 valence electrons. The van der Waals surface area contributed by atoms with Gasteiger partial charge in [-0.15, -0.1) is 6.58 Å². The summed E-state index contributed by atoms with van der Waals surface area (Å²) in [7, 11) is 0. The van der Waals surface area contributed by atoms with E-state index in [1.807, 2.05) is 31.2 Å². The molecule has 1 aromatic rings. The van der Waals surface area contributed by atoms with Gasteiger partial charge >= 0.3 is 5.97 Å². The topological polar surface area (TPSA) is 26.3 Å². The molecule has 0 fully saturated rings. The number of carbonyl (C=O) groups excluding carboxylic acids is 1. The van der Waals surface area contributed by atoms with Crippen LogP contribution in [-0.2, 0) is 16.0 Å². The molecular weight excluding hydrogens is 212 g/mol. The Kier molecular flexibility index (Phi) is 3.62. The summed E-state index contributed by atoms with van der Waals surface area (Å²) >= 11 is 0. The molecule has 0 amide bonds. The fraction of sp³-hybridized carbons (Fsp3) is 0.400. The van der Waals surface area contributed by atoms with Gasteiger partial charge in [0.2, 0.25) is 0 Å². The van der Waals surface area contributed by atoms with Crippen LogP contribution in [0.2, 0.25) is 0 Å². The molecule has 2 unspecified atom stereocenters. The van der Waals surface area contributed by atoms with Gasteiger partial charge in [0.15, 0.2) is 0 Å². The molecule has 1 aliphatic rings. The van der Waals surface area contributed by atoms with Gasteiger partial charge in [0, 0.05) is 0 Å². The SMILES string of the molecule is C=CC1Cc2ccccc2C(C(=O)OCC)C1. The zero-order chi connectivity index (χ0) is 12.3. The molecule has 0 heterocycles. The zero-order valence-electron chi connectivity index (χ0n) is 10.2. The van der Waals surface area contributed by atoms with Crippen molar-refractivity contribution in [3.05, 3.63) is 48.0 Å². The van der Waals surface area contributed by atoms with Crippen LogP contribution in [-0.4, -0.2) is 12.6 Å². The Balaban J connectivity index is 2.32. The Labute approximate surface area is 102 Å². The first-order chi connectivity index (χ1) is 8.26. The molecule has 0 aromatic heterocycles. The van der Waals surface area contributed by atoms with Crippen LogP contribution in [0.25, 0.3) is 0 Å². The predicted octanol–water partition coefficient (Wildman–Crippen LogP) is 3.08. The van der Waals surface area contributed by atoms with E-state index in [-0.39, 0.29) is 11.9 Å². The van der Waals surface area contributed by atoms with Crippen molar-refractivity contribution in [2.45, 2.75) is 25.7 Å². The number of benzene rings is 1. The van der Waals surface area contributed by atoms with Gasteiger partial charge in [-0.1, -0.05) is 30.3 Å². The van der Waals surface area contributed by atoms with Crippen molar-refractivity contribution in [1.29, 1.82) is 0 Å². The van der Waals surface area contributed by atoms with Gasteiger partial charge in [-0.05, 0) is 36.8 Å². The number of carbonyl (C=O) groups is 1. The van der Waals surface area contributed by atoms with E-state index in [0.29, 0.717) is 12.5 Å². The highest BCUT2D eigenvalue weighted by Crippen LogP contribution is 2.36. The summed E-state index contributed by atoms with van der Waals surface area (Å²) in [5.74, 6) is 0.147. The number of rotatable bonds is 3. The third kappa shape index (κ3) is 2.41. The van der Waals surface area contributed by atoms with Gasteiger partial charge in [0.1, 0.15) is 0 Å². The molecule has 0 saturated carbocycles. The van der Waals surface area contributed by atoms with E-state index >= 15 is 0 Å². The molecule has 2 rings (SSSR count). The predicted molar refractivity (Wildman–Crippen MR) is 67.8 cm³/mol. The fourth-order valence-electron chi connectivity index (χ4n) is 2.50. The average molecular weight is 230 g/mol. The van der Waals surface area contributed by atoms with Gasteiger partial charge in [-0.2, -0.15) is 0 Å². The van der Waals surface area contributed by atoms with Gasteiger partial charge in [0.05, 0.1) is 12.5 Å². The van der Waals surface area contributed by atoms with E-state index in [4.69, 9.17) is 4.74 Å². The summed E-state index contributed by atoms with van der Waals surface area (Å²) in [6, 6.07) is 8.14. The van der Waals surface area contributed by atoms with Crippen molar-refractivity contribution in [3.8, 4) is 0 Å². The molecule has 1 aliphatic carbocycles. The number of hydrogen-bond acceptors (Lipinski definition) is 2. The van der Waals surface area contributed by atoms with Gasteiger partial charge in [-0.25, -0.2) is 0 Å². The minimum absolute atomic E-state index is 0.105. The third-order valence-electron chi connectivity index (χ3n) is 3.36. The molecule has 1 aromatic carbocycles. The Bertz CT molecular complexity index is 423. The molecule has 0 radical (unpaired) electrons. The zero-order valence-corrected chi connectivity index (χ0v) is 10.2. The number of ether oxygens (including phenoxy) is 1. The van der Waals surface area contributed by atoms with Crippen molar-refractivity contribution in [2.75, 3.05) is 6.61 Å². The second kappa shape index (κ2) is 5.17. The summed E-state index contributed by atoms with van der Waals surface area (Å²) in [4.78, 5) is 12.0. The Morgan fingerprint density at radius 1 is 1.53 bits per heavy atom. The smallest absolute Gasteiger partial charge is 0.313 e. The highest BCUT2D eigenvalue weighted by Gasteiger charge is 2.31. The van der Waals surface area contributed by atoms with Gasteiger partial charge in [-0.3, -0.25) is 4.79 Å². The highest BCUT2D eigenvalue weighted by molar-refractivity contribution is 5.79. The Hall–Kier alpha value is -1.57. The molecule has 0 saturated heterocycles. The van der Waals surface area contributed by atoms with Crippen LogP contribution in [0.15, 0.2) is 36.9 Å². The summed E-state index contributed by atoms with van der Waals surface area (Å²) in [6.07, 6.45) is 3.75. The standard InChI is InChI=1S/C15H18O2/c1-3-11-9-12-7-5-6-8-13(12)14(10-11)15(16)17-4-2/h3,5-8,11,14H,1,4,9-10H2,2H3. The lowest BCUT2D eigenvalue weighted by atomic mass is 9.77. The molecule has 2 nitrogen and oxygen atoms in total. The third-order valence-corrected chi connectivity index (χ3v) is 3.36. The molecule has 17 heavy (non-hydrogen) atoms. The second-order valence-corrected chi connectivity index (χ2v) is 4.44. The molecule has 0 spiro atoms. The van der Waals surface area contributed by atoms with Crippen LogP contribution in [0.1, 0.15) is 30.4 Å². The van der Waals surface area contributed by atoms with Crippen LogP contribution < -0.4 is 0 Å². The molecule has 0 N–H and O–H groups in total. The number of fused-ring (bicyclic) bond motifs is 1. The van der Waals surface area contributed by atoms with Crippen LogP contribution in [0, 0.1) is 5.92 Å². The fourth-order valence-corrected chi connectivity index (χ4v) is 2.50. The Morgan fingerprint density at radius 3 is 3.00 bits per heavy atom. The minimum Gasteiger partial charge on any atom is -0.466 e. The monoisotopic (exact) mass is 230 g/mol. The first-order valence-electron chi connectivity index (χ1n) is 6.13. The van der Waals surface area contributed by atoms with Crippen molar-refractivity contribution in [3.63, 3.8) is 0 Å². The molecular formula is C15H18O2. The van der Waals surface area contributed by atoms with Crippen LogP contribution in [0.3, 0.4) is 0 Å². The van der Waals surface area contributed by atoms with E-state index in [1.54, 1.807) is 0 Å². The van der Waals surface area contributed by atoms with Crippen molar-refractivity contribution in [2.24, 2.45) is 5.92 Å². The van der Waals surface area contributed by atoms with Gasteiger partial charge in [0.25, 0.3) is 0 Å². The van der Waals surface area contributed by atoms with Crippen LogP contribution in [0.4, 0.5) is 0 Å². The molecule has 2 atom stereocenters. The van der Waals surface area contributed by atoms with E-state index in [0.717, 1.165) is 18.4 Å². The summed E-state index contributed by atoms with van der Waals surface area (Å²) in [5, 5.41) is 0.